The number of anilines is 1. The van der Waals surface area contributed by atoms with Gasteiger partial charge in [0.2, 0.25) is 5.91 Å². The van der Waals surface area contributed by atoms with Gasteiger partial charge < -0.3 is 5.32 Å². The third-order valence-corrected chi connectivity index (χ3v) is 4.85. The molecular weight excluding hydrogens is 350 g/mol. The number of nitrogens with zero attached hydrogens (tertiary/aromatic N) is 4. The molecule has 0 spiro atoms. The Morgan fingerprint density at radius 2 is 1.86 bits per heavy atom. The number of rotatable bonds is 7. The minimum absolute atomic E-state index is 0.0427. The van der Waals surface area contributed by atoms with Crippen LogP contribution in [0, 0.1) is 6.92 Å². The summed E-state index contributed by atoms with van der Waals surface area (Å²) in [5.41, 5.74) is 4.24. The van der Waals surface area contributed by atoms with Gasteiger partial charge in [-0.3, -0.25) is 14.2 Å². The third-order valence-electron chi connectivity index (χ3n) is 4.85. The first kappa shape index (κ1) is 18.0. The number of aryl methyl sites for hydroxylation is 4. The lowest BCUT2D eigenvalue weighted by atomic mass is 10.1. The molecule has 0 unspecified atom stereocenters. The number of hydrogen-bond donors (Lipinski definition) is 1. The molecule has 0 fully saturated rings. The number of nitrogens with one attached hydrogen (secondary N) is 1. The fourth-order valence-corrected chi connectivity index (χ4v) is 3.30. The van der Waals surface area contributed by atoms with E-state index in [1.807, 2.05) is 52.1 Å². The van der Waals surface area contributed by atoms with E-state index in [4.69, 9.17) is 0 Å². The average Bonchev–Trinajstić information content (AvgIpc) is 3.33. The summed E-state index contributed by atoms with van der Waals surface area (Å²) < 4.78 is 3.73. The number of fused-ring (bicyclic) bond motifs is 1. The highest BCUT2D eigenvalue weighted by Crippen LogP contribution is 2.18. The molecule has 1 amide bonds. The van der Waals surface area contributed by atoms with Gasteiger partial charge in [-0.05, 0) is 30.5 Å². The van der Waals surface area contributed by atoms with Crippen LogP contribution in [0.5, 0.6) is 0 Å². The fraction of sp³-hybridized carbons (Fsp3) is 0.227. The Labute approximate surface area is 163 Å². The molecule has 6 nitrogen and oxygen atoms in total. The molecule has 2 aromatic carbocycles. The molecule has 0 saturated heterocycles. The Kier molecular flexibility index (Phi) is 5.19. The Hall–Kier alpha value is -3.41. The normalized spacial score (nSPS) is 11.0. The molecule has 0 aliphatic heterocycles. The van der Waals surface area contributed by atoms with Gasteiger partial charge in [-0.1, -0.05) is 42.5 Å². The highest BCUT2D eigenvalue weighted by molar-refractivity contribution is 5.90. The maximum atomic E-state index is 12.3. The number of carbonyl (C=O) groups excluding carboxylic acids is 1. The predicted molar refractivity (Wildman–Crippen MR) is 110 cm³/mol. The van der Waals surface area contributed by atoms with Crippen LogP contribution in [0.4, 0.5) is 5.69 Å². The van der Waals surface area contributed by atoms with Crippen molar-refractivity contribution in [1.29, 1.82) is 0 Å². The SMILES string of the molecule is Cc1cccc2c1cnn2CCC(=O)Nc1cnn(CCc2ccccc2)c1. The van der Waals surface area contributed by atoms with E-state index in [0.717, 1.165) is 29.6 Å². The van der Waals surface area contributed by atoms with E-state index in [1.54, 1.807) is 6.20 Å². The van der Waals surface area contributed by atoms with Gasteiger partial charge in [0.05, 0.1) is 30.1 Å². The number of amides is 1. The molecule has 4 aromatic rings. The van der Waals surface area contributed by atoms with Crippen LogP contribution in [0.1, 0.15) is 17.5 Å². The smallest absolute Gasteiger partial charge is 0.226 e. The minimum atomic E-state index is -0.0427. The summed E-state index contributed by atoms with van der Waals surface area (Å²) in [6.45, 7) is 3.38. The Morgan fingerprint density at radius 3 is 2.71 bits per heavy atom. The largest absolute Gasteiger partial charge is 0.323 e. The van der Waals surface area contributed by atoms with Crippen LogP contribution in [0.15, 0.2) is 67.1 Å². The highest BCUT2D eigenvalue weighted by atomic mass is 16.1. The van der Waals surface area contributed by atoms with Crippen LogP contribution < -0.4 is 5.32 Å². The third kappa shape index (κ3) is 4.11. The summed E-state index contributed by atoms with van der Waals surface area (Å²) in [4.78, 5) is 12.3. The fourth-order valence-electron chi connectivity index (χ4n) is 3.30. The second-order valence-corrected chi connectivity index (χ2v) is 6.90. The zero-order valence-electron chi connectivity index (χ0n) is 15.9. The first-order valence-corrected chi connectivity index (χ1v) is 9.46. The van der Waals surface area contributed by atoms with Gasteiger partial charge in [0.15, 0.2) is 0 Å². The van der Waals surface area contributed by atoms with Crippen molar-refractivity contribution < 1.29 is 4.79 Å². The van der Waals surface area contributed by atoms with Gasteiger partial charge in [0.1, 0.15) is 0 Å². The van der Waals surface area contributed by atoms with Crippen LogP contribution in [0.3, 0.4) is 0 Å². The summed E-state index contributed by atoms with van der Waals surface area (Å²) in [5, 5.41) is 12.8. The molecule has 1 N–H and O–H groups in total. The topological polar surface area (TPSA) is 64.7 Å². The second-order valence-electron chi connectivity index (χ2n) is 6.90. The van der Waals surface area contributed by atoms with Crippen molar-refractivity contribution in [3.05, 3.63) is 78.2 Å². The van der Waals surface area contributed by atoms with Crippen LogP contribution >= 0.6 is 0 Å². The molecule has 2 heterocycles. The van der Waals surface area contributed by atoms with E-state index < -0.39 is 0 Å². The molecule has 0 atom stereocenters. The van der Waals surface area contributed by atoms with Gasteiger partial charge in [-0.15, -0.1) is 0 Å². The van der Waals surface area contributed by atoms with Gasteiger partial charge >= 0.3 is 0 Å². The van der Waals surface area contributed by atoms with Crippen molar-refractivity contribution in [3.63, 3.8) is 0 Å². The van der Waals surface area contributed by atoms with Gasteiger partial charge in [0, 0.05) is 24.5 Å². The number of carbonyl (C=O) groups is 1. The van der Waals surface area contributed by atoms with Gasteiger partial charge in [-0.25, -0.2) is 0 Å². The van der Waals surface area contributed by atoms with Crippen molar-refractivity contribution in [2.75, 3.05) is 5.32 Å². The first-order chi connectivity index (χ1) is 13.7. The minimum Gasteiger partial charge on any atom is -0.323 e. The molecule has 0 radical (unpaired) electrons. The highest BCUT2D eigenvalue weighted by Gasteiger charge is 2.08. The first-order valence-electron chi connectivity index (χ1n) is 9.46. The lowest BCUT2D eigenvalue weighted by Gasteiger charge is -2.05. The number of benzene rings is 2. The standard InChI is InChI=1S/C22H23N5O/c1-17-6-5-9-21-20(17)15-24-27(21)13-11-22(28)25-19-14-23-26(16-19)12-10-18-7-3-2-4-8-18/h2-9,14-16H,10-13H2,1H3,(H,25,28). The number of aromatic nitrogens is 4. The maximum Gasteiger partial charge on any atom is 0.226 e. The van der Waals surface area contributed by atoms with Crippen molar-refractivity contribution in [3.8, 4) is 0 Å². The Balaban J connectivity index is 1.30. The summed E-state index contributed by atoms with van der Waals surface area (Å²) in [6.07, 6.45) is 6.68. The quantitative estimate of drug-likeness (QED) is 0.536. The molecule has 142 valence electrons. The average molecular weight is 373 g/mol. The summed E-state index contributed by atoms with van der Waals surface area (Å²) >= 11 is 0. The second kappa shape index (κ2) is 8.08. The van der Waals surface area contributed by atoms with E-state index in [1.165, 1.54) is 11.1 Å². The molecule has 28 heavy (non-hydrogen) atoms. The molecule has 0 aliphatic carbocycles. The summed E-state index contributed by atoms with van der Waals surface area (Å²) in [6, 6.07) is 16.4. The van der Waals surface area contributed by atoms with E-state index in [2.05, 4.69) is 40.6 Å². The summed E-state index contributed by atoms with van der Waals surface area (Å²) in [7, 11) is 0. The van der Waals surface area contributed by atoms with Crippen LogP contribution in [-0.2, 0) is 24.3 Å². The lowest BCUT2D eigenvalue weighted by Crippen LogP contribution is -2.14. The van der Waals surface area contributed by atoms with Crippen LogP contribution in [0.2, 0.25) is 0 Å². The number of hydrogen-bond acceptors (Lipinski definition) is 3. The zero-order valence-corrected chi connectivity index (χ0v) is 15.9. The predicted octanol–water partition coefficient (Wildman–Crippen LogP) is 3.81. The molecule has 0 aliphatic rings. The molecule has 6 heteroatoms. The van der Waals surface area contributed by atoms with Crippen LogP contribution in [-0.4, -0.2) is 25.5 Å². The molecule has 4 rings (SSSR count). The van der Waals surface area contributed by atoms with E-state index in [-0.39, 0.29) is 5.91 Å². The van der Waals surface area contributed by atoms with Gasteiger partial charge in [-0.2, -0.15) is 10.2 Å². The maximum absolute atomic E-state index is 12.3. The molecular formula is C22H23N5O. The van der Waals surface area contributed by atoms with Crippen molar-refractivity contribution in [2.45, 2.75) is 32.9 Å². The molecule has 2 aromatic heterocycles. The zero-order chi connectivity index (χ0) is 19.3. The van der Waals surface area contributed by atoms with Crippen LogP contribution in [0.25, 0.3) is 10.9 Å². The van der Waals surface area contributed by atoms with E-state index >= 15 is 0 Å². The summed E-state index contributed by atoms with van der Waals surface area (Å²) in [5.74, 6) is -0.0427. The van der Waals surface area contributed by atoms with Crippen molar-refractivity contribution in [1.82, 2.24) is 19.6 Å². The van der Waals surface area contributed by atoms with Crippen molar-refractivity contribution in [2.24, 2.45) is 0 Å². The molecule has 0 bridgehead atoms. The Morgan fingerprint density at radius 1 is 1.00 bits per heavy atom. The van der Waals surface area contributed by atoms with Crippen molar-refractivity contribution >= 4 is 22.5 Å². The lowest BCUT2D eigenvalue weighted by molar-refractivity contribution is -0.116. The van der Waals surface area contributed by atoms with E-state index in [0.29, 0.717) is 13.0 Å². The van der Waals surface area contributed by atoms with Gasteiger partial charge in [0.25, 0.3) is 0 Å². The monoisotopic (exact) mass is 373 g/mol. The molecule has 0 saturated carbocycles. The van der Waals surface area contributed by atoms with E-state index in [9.17, 15) is 4.79 Å². The Bertz CT molecular complexity index is 1080.